The van der Waals surface area contributed by atoms with Gasteiger partial charge in [0.05, 0.1) is 5.41 Å². The zero-order valence-electron chi connectivity index (χ0n) is 16.8. The molecule has 3 rings (SSSR count). The largest absolute Gasteiger partial charge is 0.481 e. The first-order valence-electron chi connectivity index (χ1n) is 11.1. The van der Waals surface area contributed by atoms with Gasteiger partial charge in [-0.3, -0.25) is 4.79 Å². The zero-order valence-corrected chi connectivity index (χ0v) is 16.8. The van der Waals surface area contributed by atoms with E-state index >= 15 is 0 Å². The van der Waals surface area contributed by atoms with Crippen LogP contribution >= 0.6 is 0 Å². The van der Waals surface area contributed by atoms with E-state index < -0.39 is 11.4 Å². The van der Waals surface area contributed by atoms with E-state index in [9.17, 15) is 14.3 Å². The Labute approximate surface area is 163 Å². The molecule has 0 heterocycles. The molecule has 1 aromatic rings. The van der Waals surface area contributed by atoms with Crippen molar-refractivity contribution in [3.63, 3.8) is 0 Å². The summed E-state index contributed by atoms with van der Waals surface area (Å²) in [6.45, 7) is 2.24. The number of hydrogen-bond acceptors (Lipinski definition) is 1. The molecule has 0 radical (unpaired) electrons. The highest BCUT2D eigenvalue weighted by Crippen LogP contribution is 2.56. The van der Waals surface area contributed by atoms with E-state index in [0.717, 1.165) is 50.0 Å². The molecule has 2 atom stereocenters. The highest BCUT2D eigenvalue weighted by molar-refractivity contribution is 5.77. The number of carboxylic acids is 1. The van der Waals surface area contributed by atoms with E-state index in [1.165, 1.54) is 50.7 Å². The minimum atomic E-state index is -0.662. The Morgan fingerprint density at radius 2 is 1.78 bits per heavy atom. The Morgan fingerprint density at radius 3 is 2.41 bits per heavy atom. The molecule has 0 bridgehead atoms. The van der Waals surface area contributed by atoms with Gasteiger partial charge in [0.25, 0.3) is 0 Å². The smallest absolute Gasteiger partial charge is 0.310 e. The number of halogens is 1. The summed E-state index contributed by atoms with van der Waals surface area (Å²) in [5.74, 6) is 0.194. The Morgan fingerprint density at radius 1 is 1.07 bits per heavy atom. The van der Waals surface area contributed by atoms with Crippen molar-refractivity contribution in [3.8, 4) is 0 Å². The van der Waals surface area contributed by atoms with E-state index in [-0.39, 0.29) is 17.7 Å². The molecule has 0 aliphatic heterocycles. The van der Waals surface area contributed by atoms with Crippen molar-refractivity contribution < 1.29 is 14.3 Å². The quantitative estimate of drug-likeness (QED) is 0.525. The molecule has 1 N–H and O–H groups in total. The molecule has 2 fully saturated rings. The summed E-state index contributed by atoms with van der Waals surface area (Å²) in [6.07, 6.45) is 13.4. The molecule has 1 aromatic carbocycles. The number of hydrogen-bond donors (Lipinski definition) is 1. The van der Waals surface area contributed by atoms with Crippen LogP contribution in [0.1, 0.15) is 95.5 Å². The lowest BCUT2D eigenvalue weighted by molar-refractivity contribution is -0.159. The van der Waals surface area contributed by atoms with Gasteiger partial charge in [0.1, 0.15) is 5.82 Å². The molecule has 2 aliphatic carbocycles. The molecule has 27 heavy (non-hydrogen) atoms. The van der Waals surface area contributed by atoms with Crippen molar-refractivity contribution >= 4 is 5.97 Å². The van der Waals surface area contributed by atoms with Gasteiger partial charge >= 0.3 is 5.97 Å². The fraction of sp³-hybridized carbons (Fsp3) is 0.708. The van der Waals surface area contributed by atoms with Crippen LogP contribution in [0.3, 0.4) is 0 Å². The number of unbranched alkanes of at least 4 members (excludes halogenated alkanes) is 2. The number of benzene rings is 1. The van der Waals surface area contributed by atoms with Crippen molar-refractivity contribution in [2.75, 3.05) is 0 Å². The third-order valence-corrected chi connectivity index (χ3v) is 7.42. The average molecular weight is 375 g/mol. The Hall–Kier alpha value is -1.38. The molecule has 2 unspecified atom stereocenters. The number of carbonyl (C=O) groups is 1. The molecule has 150 valence electrons. The molecule has 0 aromatic heterocycles. The SMILES string of the molecule is CCCCCC1CCC(C2(C(=O)O)CCCCC2c2ccc(F)cc2)CC1. The van der Waals surface area contributed by atoms with Gasteiger partial charge in [-0.25, -0.2) is 4.39 Å². The van der Waals surface area contributed by atoms with Crippen LogP contribution in [0.2, 0.25) is 0 Å². The standard InChI is InChI=1S/C24H35FO2/c1-2-3-4-7-18-9-13-20(14-10-18)24(23(26)27)17-6-5-8-22(24)19-11-15-21(25)16-12-19/h11-12,15-16,18,20,22H,2-10,13-14,17H2,1H3,(H,26,27). The first-order chi connectivity index (χ1) is 13.1. The van der Waals surface area contributed by atoms with Gasteiger partial charge in [0.2, 0.25) is 0 Å². The second-order valence-electron chi connectivity index (χ2n) is 8.91. The fourth-order valence-electron chi connectivity index (χ4n) is 5.93. The van der Waals surface area contributed by atoms with Crippen LogP contribution in [0.5, 0.6) is 0 Å². The maximum Gasteiger partial charge on any atom is 0.310 e. The highest BCUT2D eigenvalue weighted by atomic mass is 19.1. The summed E-state index contributed by atoms with van der Waals surface area (Å²) in [7, 11) is 0. The maximum atomic E-state index is 13.4. The molecule has 0 spiro atoms. The molecule has 2 aliphatic rings. The van der Waals surface area contributed by atoms with Crippen LogP contribution in [0.4, 0.5) is 4.39 Å². The van der Waals surface area contributed by atoms with E-state index in [1.807, 2.05) is 12.1 Å². The summed E-state index contributed by atoms with van der Waals surface area (Å²) < 4.78 is 13.4. The van der Waals surface area contributed by atoms with Crippen molar-refractivity contribution in [3.05, 3.63) is 35.6 Å². The van der Waals surface area contributed by atoms with Crippen LogP contribution in [-0.4, -0.2) is 11.1 Å². The maximum absolute atomic E-state index is 13.4. The molecule has 0 saturated heterocycles. The van der Waals surface area contributed by atoms with E-state index in [0.29, 0.717) is 0 Å². The van der Waals surface area contributed by atoms with Crippen LogP contribution in [-0.2, 0) is 4.79 Å². The summed E-state index contributed by atoms with van der Waals surface area (Å²) in [4.78, 5) is 12.6. The second kappa shape index (κ2) is 9.21. The molecule has 2 saturated carbocycles. The topological polar surface area (TPSA) is 37.3 Å². The summed E-state index contributed by atoms with van der Waals surface area (Å²) in [5, 5.41) is 10.4. The summed E-state index contributed by atoms with van der Waals surface area (Å²) in [5.41, 5.74) is 0.355. The first-order valence-corrected chi connectivity index (χ1v) is 11.1. The van der Waals surface area contributed by atoms with Gasteiger partial charge < -0.3 is 5.11 Å². The van der Waals surface area contributed by atoms with Gasteiger partial charge in [-0.05, 0) is 55.2 Å². The van der Waals surface area contributed by atoms with Gasteiger partial charge in [-0.1, -0.05) is 70.4 Å². The Kier molecular flexibility index (Phi) is 6.94. The number of carboxylic acid groups (broad SMARTS) is 1. The van der Waals surface area contributed by atoms with Crippen LogP contribution in [0, 0.1) is 23.1 Å². The monoisotopic (exact) mass is 374 g/mol. The second-order valence-corrected chi connectivity index (χ2v) is 8.91. The van der Waals surface area contributed by atoms with E-state index in [2.05, 4.69) is 6.92 Å². The third-order valence-electron chi connectivity index (χ3n) is 7.42. The van der Waals surface area contributed by atoms with Gasteiger partial charge in [-0.2, -0.15) is 0 Å². The summed E-state index contributed by atoms with van der Waals surface area (Å²) in [6, 6.07) is 6.61. The lowest BCUT2D eigenvalue weighted by Gasteiger charge is -2.48. The minimum absolute atomic E-state index is 0.0194. The van der Waals surface area contributed by atoms with E-state index in [1.54, 1.807) is 0 Å². The van der Waals surface area contributed by atoms with Gasteiger partial charge in [0, 0.05) is 5.92 Å². The molecular weight excluding hydrogens is 339 g/mol. The minimum Gasteiger partial charge on any atom is -0.481 e. The predicted molar refractivity (Wildman–Crippen MR) is 107 cm³/mol. The summed E-state index contributed by atoms with van der Waals surface area (Å²) >= 11 is 0. The average Bonchev–Trinajstić information content (AvgIpc) is 2.69. The fourth-order valence-corrected chi connectivity index (χ4v) is 5.93. The van der Waals surface area contributed by atoms with Crippen LogP contribution in [0.25, 0.3) is 0 Å². The molecule has 0 amide bonds. The highest BCUT2D eigenvalue weighted by Gasteiger charge is 2.53. The number of aliphatic carboxylic acids is 1. The normalized spacial score (nSPS) is 31.6. The molecule has 3 heteroatoms. The Balaban J connectivity index is 1.77. The molecule has 2 nitrogen and oxygen atoms in total. The first kappa shape index (κ1) is 20.4. The van der Waals surface area contributed by atoms with Crippen molar-refractivity contribution in [2.45, 2.75) is 89.9 Å². The van der Waals surface area contributed by atoms with Gasteiger partial charge in [-0.15, -0.1) is 0 Å². The van der Waals surface area contributed by atoms with E-state index in [4.69, 9.17) is 0 Å². The lowest BCUT2D eigenvalue weighted by Crippen LogP contribution is -2.47. The van der Waals surface area contributed by atoms with Crippen molar-refractivity contribution in [1.29, 1.82) is 0 Å². The third kappa shape index (κ3) is 4.38. The lowest BCUT2D eigenvalue weighted by atomic mass is 9.54. The predicted octanol–water partition coefficient (Wildman–Crippen LogP) is 6.94. The van der Waals surface area contributed by atoms with Gasteiger partial charge in [0.15, 0.2) is 0 Å². The molecular formula is C24H35FO2. The zero-order chi connectivity index (χ0) is 19.3. The van der Waals surface area contributed by atoms with Crippen LogP contribution in [0.15, 0.2) is 24.3 Å². The number of rotatable bonds is 7. The van der Waals surface area contributed by atoms with Crippen molar-refractivity contribution in [2.24, 2.45) is 17.3 Å². The van der Waals surface area contributed by atoms with Crippen molar-refractivity contribution in [1.82, 2.24) is 0 Å². The Bertz CT molecular complexity index is 603. The van der Waals surface area contributed by atoms with Crippen LogP contribution < -0.4 is 0 Å².